The molecule has 1 amide bonds. The van der Waals surface area contributed by atoms with Crippen molar-refractivity contribution in [1.82, 2.24) is 4.90 Å². The van der Waals surface area contributed by atoms with E-state index in [2.05, 4.69) is 5.32 Å². The highest BCUT2D eigenvalue weighted by atomic mass is 16.6. The van der Waals surface area contributed by atoms with Gasteiger partial charge in [-0.3, -0.25) is 24.5 Å². The highest BCUT2D eigenvalue weighted by Gasteiger charge is 2.70. The molecule has 0 bridgehead atoms. The van der Waals surface area contributed by atoms with E-state index < -0.39 is 34.1 Å². The molecule has 206 valence electrons. The standard InChI is InChI=1S/C34H25N3O5/c1-20-10-12-23(13-11-20)31(39)29-28(30(38)22-14-16-24(17-15-22)37(41)42)34(26-8-4-5-9-27(26)35-33(34)40)32-25-7-3-2-6-21(25)18-19-36(29)32/h2-19,28-29,32H,1H3,(H,35,40)/t28-,29+,32+,34-/m0/s1. The van der Waals surface area contributed by atoms with Crippen molar-refractivity contribution in [2.24, 2.45) is 5.92 Å². The summed E-state index contributed by atoms with van der Waals surface area (Å²) in [5.41, 5.74) is 2.99. The molecule has 3 aliphatic rings. The summed E-state index contributed by atoms with van der Waals surface area (Å²) < 4.78 is 0. The van der Waals surface area contributed by atoms with Crippen LogP contribution in [0, 0.1) is 23.0 Å². The topological polar surface area (TPSA) is 110 Å². The van der Waals surface area contributed by atoms with Crippen molar-refractivity contribution >= 4 is 34.9 Å². The zero-order chi connectivity index (χ0) is 29.2. The molecule has 0 aromatic heterocycles. The van der Waals surface area contributed by atoms with Gasteiger partial charge in [0.1, 0.15) is 11.5 Å². The number of nitrogens with zero attached hydrogens (tertiary/aromatic N) is 2. The number of hydrogen-bond acceptors (Lipinski definition) is 6. The Morgan fingerprint density at radius 1 is 0.857 bits per heavy atom. The number of Topliss-reactive ketones (excluding diaryl/α,β-unsaturated/α-hetero) is 2. The fourth-order valence-electron chi connectivity index (χ4n) is 6.98. The molecule has 3 heterocycles. The Morgan fingerprint density at radius 2 is 1.50 bits per heavy atom. The number of para-hydroxylation sites is 1. The first-order valence-corrected chi connectivity index (χ1v) is 13.7. The molecule has 42 heavy (non-hydrogen) atoms. The van der Waals surface area contributed by atoms with Crippen molar-refractivity contribution < 1.29 is 19.3 Å². The van der Waals surface area contributed by atoms with Gasteiger partial charge < -0.3 is 10.2 Å². The average molecular weight is 556 g/mol. The van der Waals surface area contributed by atoms with Crippen molar-refractivity contribution in [3.63, 3.8) is 0 Å². The largest absolute Gasteiger partial charge is 0.358 e. The predicted molar refractivity (Wildman–Crippen MR) is 157 cm³/mol. The normalized spacial score (nSPS) is 23.2. The van der Waals surface area contributed by atoms with Crippen LogP contribution in [0.1, 0.15) is 49.0 Å². The zero-order valence-electron chi connectivity index (χ0n) is 22.6. The number of anilines is 1. The molecule has 1 fully saturated rings. The molecule has 0 saturated carbocycles. The molecule has 4 aromatic carbocycles. The number of amides is 1. The van der Waals surface area contributed by atoms with Gasteiger partial charge in [0.05, 0.1) is 16.9 Å². The van der Waals surface area contributed by atoms with Crippen LogP contribution in [0.4, 0.5) is 11.4 Å². The van der Waals surface area contributed by atoms with Gasteiger partial charge in [-0.05, 0) is 47.9 Å². The predicted octanol–water partition coefficient (Wildman–Crippen LogP) is 5.88. The molecule has 1 saturated heterocycles. The Hall–Kier alpha value is -5.37. The van der Waals surface area contributed by atoms with Gasteiger partial charge in [-0.1, -0.05) is 72.3 Å². The van der Waals surface area contributed by atoms with Crippen LogP contribution < -0.4 is 5.32 Å². The Morgan fingerprint density at radius 3 is 2.24 bits per heavy atom. The maximum absolute atomic E-state index is 14.7. The summed E-state index contributed by atoms with van der Waals surface area (Å²) >= 11 is 0. The lowest BCUT2D eigenvalue weighted by molar-refractivity contribution is -0.384. The third kappa shape index (κ3) is 3.51. The lowest BCUT2D eigenvalue weighted by Crippen LogP contribution is -2.49. The number of carbonyl (C=O) groups is 3. The molecule has 8 heteroatoms. The second-order valence-corrected chi connectivity index (χ2v) is 11.0. The number of hydrogen-bond donors (Lipinski definition) is 1. The SMILES string of the molecule is Cc1ccc(C(=O)[C@H]2[C@@H](C(=O)c3ccc([N+](=O)[O-])cc3)[C@]3(C(=O)Nc4ccccc43)[C@H]3c4ccccc4C=CN23)cc1. The molecular formula is C34H25N3O5. The minimum Gasteiger partial charge on any atom is -0.358 e. The smallest absolute Gasteiger partial charge is 0.269 e. The van der Waals surface area contributed by atoms with Crippen LogP contribution in [0.5, 0.6) is 0 Å². The van der Waals surface area contributed by atoms with Crippen molar-refractivity contribution in [1.29, 1.82) is 0 Å². The molecule has 3 aliphatic heterocycles. The van der Waals surface area contributed by atoms with Crippen molar-refractivity contribution in [2.45, 2.75) is 24.4 Å². The van der Waals surface area contributed by atoms with Crippen LogP contribution in [0.15, 0.2) is 103 Å². The minimum absolute atomic E-state index is 0.154. The summed E-state index contributed by atoms with van der Waals surface area (Å²) in [7, 11) is 0. The van der Waals surface area contributed by atoms with Gasteiger partial charge >= 0.3 is 0 Å². The summed E-state index contributed by atoms with van der Waals surface area (Å²) in [6, 6.07) is 25.9. The summed E-state index contributed by atoms with van der Waals surface area (Å²) in [5, 5.41) is 14.4. The average Bonchev–Trinajstić information content (AvgIpc) is 3.49. The molecule has 1 spiro atoms. The summed E-state index contributed by atoms with van der Waals surface area (Å²) in [5.74, 6) is -2.21. The first-order chi connectivity index (χ1) is 20.3. The van der Waals surface area contributed by atoms with Crippen LogP contribution in [-0.2, 0) is 10.2 Å². The van der Waals surface area contributed by atoms with Crippen molar-refractivity contribution in [2.75, 3.05) is 5.32 Å². The minimum atomic E-state index is -1.46. The molecular weight excluding hydrogens is 530 g/mol. The van der Waals surface area contributed by atoms with E-state index in [9.17, 15) is 24.5 Å². The number of non-ortho nitro benzene ring substituents is 1. The molecule has 1 N–H and O–H groups in total. The molecule has 4 atom stereocenters. The maximum Gasteiger partial charge on any atom is 0.269 e. The lowest BCUT2D eigenvalue weighted by Gasteiger charge is -2.38. The number of fused-ring (bicyclic) bond motifs is 6. The van der Waals surface area contributed by atoms with Gasteiger partial charge in [0.15, 0.2) is 11.6 Å². The molecule has 7 rings (SSSR count). The summed E-state index contributed by atoms with van der Waals surface area (Å²) in [6.07, 6.45) is 3.73. The Balaban J connectivity index is 1.51. The Kier molecular flexibility index (Phi) is 5.69. The quantitative estimate of drug-likeness (QED) is 0.187. The number of nitro benzene ring substituents is 1. The molecule has 8 nitrogen and oxygen atoms in total. The van der Waals surface area contributed by atoms with E-state index in [0.717, 1.165) is 16.7 Å². The van der Waals surface area contributed by atoms with Gasteiger partial charge in [-0.15, -0.1) is 0 Å². The number of aryl methyl sites for hydroxylation is 1. The number of nitro groups is 1. The first-order valence-electron chi connectivity index (χ1n) is 13.7. The number of carbonyl (C=O) groups excluding carboxylic acids is 3. The summed E-state index contributed by atoms with van der Waals surface area (Å²) in [4.78, 5) is 56.4. The fourth-order valence-corrected chi connectivity index (χ4v) is 6.98. The van der Waals surface area contributed by atoms with Gasteiger partial charge in [0.25, 0.3) is 5.69 Å². The Labute approximate surface area is 241 Å². The second kappa shape index (κ2) is 9.34. The highest BCUT2D eigenvalue weighted by Crippen LogP contribution is 2.62. The molecule has 0 aliphatic carbocycles. The number of rotatable bonds is 5. The van der Waals surface area contributed by atoms with E-state index in [1.54, 1.807) is 18.2 Å². The molecule has 4 aromatic rings. The molecule has 0 unspecified atom stereocenters. The fraction of sp³-hybridized carbons (Fsp3) is 0.147. The number of nitrogens with one attached hydrogen (secondary N) is 1. The third-order valence-electron chi connectivity index (χ3n) is 8.82. The van der Waals surface area contributed by atoms with Crippen LogP contribution in [0.3, 0.4) is 0 Å². The van der Waals surface area contributed by atoms with Gasteiger partial charge in [0, 0.05) is 35.1 Å². The van der Waals surface area contributed by atoms with E-state index in [-0.39, 0.29) is 22.9 Å². The lowest BCUT2D eigenvalue weighted by atomic mass is 9.62. The van der Waals surface area contributed by atoms with E-state index in [4.69, 9.17) is 0 Å². The maximum atomic E-state index is 14.7. The monoisotopic (exact) mass is 555 g/mol. The van der Waals surface area contributed by atoms with E-state index in [0.29, 0.717) is 16.8 Å². The summed E-state index contributed by atoms with van der Waals surface area (Å²) in [6.45, 7) is 1.93. The zero-order valence-corrected chi connectivity index (χ0v) is 22.6. The Bertz CT molecular complexity index is 1830. The van der Waals surface area contributed by atoms with Crippen LogP contribution in [-0.4, -0.2) is 33.3 Å². The van der Waals surface area contributed by atoms with E-state index >= 15 is 0 Å². The molecule has 0 radical (unpaired) electrons. The van der Waals surface area contributed by atoms with E-state index in [1.165, 1.54) is 24.3 Å². The van der Waals surface area contributed by atoms with Crippen molar-refractivity contribution in [3.8, 4) is 0 Å². The number of benzene rings is 4. The highest BCUT2D eigenvalue weighted by molar-refractivity contribution is 6.16. The van der Waals surface area contributed by atoms with Gasteiger partial charge in [-0.25, -0.2) is 0 Å². The third-order valence-corrected chi connectivity index (χ3v) is 8.82. The van der Waals surface area contributed by atoms with Crippen LogP contribution in [0.2, 0.25) is 0 Å². The van der Waals surface area contributed by atoms with Crippen LogP contribution >= 0.6 is 0 Å². The van der Waals surface area contributed by atoms with Crippen LogP contribution in [0.25, 0.3) is 6.08 Å². The van der Waals surface area contributed by atoms with Crippen molar-refractivity contribution in [3.05, 3.63) is 147 Å². The second-order valence-electron chi connectivity index (χ2n) is 11.0. The van der Waals surface area contributed by atoms with Gasteiger partial charge in [-0.2, -0.15) is 0 Å². The van der Waals surface area contributed by atoms with Gasteiger partial charge in [0.2, 0.25) is 5.91 Å². The van der Waals surface area contributed by atoms with E-state index in [1.807, 2.05) is 78.7 Å². The number of ketones is 2. The first kappa shape index (κ1) is 25.6.